The van der Waals surface area contributed by atoms with Crippen molar-refractivity contribution < 1.29 is 18.3 Å². The lowest BCUT2D eigenvalue weighted by molar-refractivity contribution is -0.137. The number of aliphatic hydroxyl groups is 1. The van der Waals surface area contributed by atoms with Gasteiger partial charge in [-0.05, 0) is 23.6 Å². The van der Waals surface area contributed by atoms with Gasteiger partial charge in [0.15, 0.2) is 0 Å². The van der Waals surface area contributed by atoms with Crippen molar-refractivity contribution in [3.8, 4) is 11.3 Å². The number of benzene rings is 1. The SMILES string of the molecule is CC(C)(C)[C@@H](O)Cn1ccc(-c2ccc(C(F)(F)F)cc2)n1. The predicted molar refractivity (Wildman–Crippen MR) is 78.1 cm³/mol. The summed E-state index contributed by atoms with van der Waals surface area (Å²) >= 11 is 0. The highest BCUT2D eigenvalue weighted by Gasteiger charge is 2.30. The van der Waals surface area contributed by atoms with Gasteiger partial charge < -0.3 is 5.11 Å². The highest BCUT2D eigenvalue weighted by atomic mass is 19.4. The molecule has 2 rings (SSSR count). The molecule has 0 saturated carbocycles. The summed E-state index contributed by atoms with van der Waals surface area (Å²) in [5.74, 6) is 0. The molecule has 2 aromatic rings. The molecule has 0 saturated heterocycles. The summed E-state index contributed by atoms with van der Waals surface area (Å²) < 4.78 is 39.2. The molecule has 0 fully saturated rings. The number of aromatic nitrogens is 2. The number of aliphatic hydroxyl groups excluding tert-OH is 1. The van der Waals surface area contributed by atoms with Gasteiger partial charge >= 0.3 is 6.18 Å². The Balaban J connectivity index is 2.15. The van der Waals surface area contributed by atoms with Crippen LogP contribution in [0.2, 0.25) is 0 Å². The van der Waals surface area contributed by atoms with Crippen LogP contribution >= 0.6 is 0 Å². The minimum atomic E-state index is -4.34. The van der Waals surface area contributed by atoms with Crippen molar-refractivity contribution in [2.24, 2.45) is 5.41 Å². The van der Waals surface area contributed by atoms with Gasteiger partial charge in [0, 0.05) is 11.8 Å². The second kappa shape index (κ2) is 5.76. The molecule has 1 heterocycles. The fraction of sp³-hybridized carbons (Fsp3) is 0.438. The first-order valence-electron chi connectivity index (χ1n) is 6.96. The van der Waals surface area contributed by atoms with Gasteiger partial charge in [0.25, 0.3) is 0 Å². The van der Waals surface area contributed by atoms with Crippen molar-refractivity contribution in [2.75, 3.05) is 0 Å². The third kappa shape index (κ3) is 3.88. The number of hydrogen-bond donors (Lipinski definition) is 1. The van der Waals surface area contributed by atoms with Crippen LogP contribution < -0.4 is 0 Å². The Labute approximate surface area is 127 Å². The molecule has 0 aliphatic carbocycles. The largest absolute Gasteiger partial charge is 0.416 e. The molecule has 0 aliphatic rings. The van der Waals surface area contributed by atoms with Crippen LogP contribution in [0.1, 0.15) is 26.3 Å². The zero-order chi connectivity index (χ0) is 16.5. The molecule has 22 heavy (non-hydrogen) atoms. The highest BCUT2D eigenvalue weighted by molar-refractivity contribution is 5.59. The van der Waals surface area contributed by atoms with Crippen molar-refractivity contribution in [1.82, 2.24) is 9.78 Å². The van der Waals surface area contributed by atoms with Gasteiger partial charge in [-0.15, -0.1) is 0 Å². The molecule has 1 aromatic carbocycles. The molecule has 0 radical (unpaired) electrons. The third-order valence-corrected chi connectivity index (χ3v) is 3.51. The van der Waals surface area contributed by atoms with Crippen LogP contribution in [0.25, 0.3) is 11.3 Å². The van der Waals surface area contributed by atoms with E-state index in [-0.39, 0.29) is 5.41 Å². The summed E-state index contributed by atoms with van der Waals surface area (Å²) in [4.78, 5) is 0. The Kier molecular flexibility index (Phi) is 4.33. The predicted octanol–water partition coefficient (Wildman–Crippen LogP) is 3.98. The van der Waals surface area contributed by atoms with Crippen molar-refractivity contribution in [3.05, 3.63) is 42.1 Å². The lowest BCUT2D eigenvalue weighted by atomic mass is 9.89. The number of alkyl halides is 3. The quantitative estimate of drug-likeness (QED) is 0.931. The van der Waals surface area contributed by atoms with Crippen molar-refractivity contribution >= 4 is 0 Å². The van der Waals surface area contributed by atoms with Gasteiger partial charge in [-0.25, -0.2) is 0 Å². The summed E-state index contributed by atoms with van der Waals surface area (Å²) in [5, 5.41) is 14.4. The number of rotatable bonds is 3. The average molecular weight is 312 g/mol. The van der Waals surface area contributed by atoms with E-state index in [1.54, 1.807) is 16.9 Å². The molecule has 0 unspecified atom stereocenters. The maximum atomic E-state index is 12.5. The van der Waals surface area contributed by atoms with E-state index in [4.69, 9.17) is 0 Å². The summed E-state index contributed by atoms with van der Waals surface area (Å²) in [7, 11) is 0. The molecule has 120 valence electrons. The molecule has 3 nitrogen and oxygen atoms in total. The lowest BCUT2D eigenvalue weighted by Crippen LogP contribution is -2.30. The highest BCUT2D eigenvalue weighted by Crippen LogP contribution is 2.30. The molecule has 0 amide bonds. The van der Waals surface area contributed by atoms with E-state index in [9.17, 15) is 18.3 Å². The van der Waals surface area contributed by atoms with Gasteiger partial charge in [-0.1, -0.05) is 32.9 Å². The maximum Gasteiger partial charge on any atom is 0.416 e. The minimum absolute atomic E-state index is 0.263. The van der Waals surface area contributed by atoms with Crippen LogP contribution in [0.5, 0.6) is 0 Å². The van der Waals surface area contributed by atoms with E-state index in [0.29, 0.717) is 17.8 Å². The van der Waals surface area contributed by atoms with E-state index in [2.05, 4.69) is 5.10 Å². The monoisotopic (exact) mass is 312 g/mol. The van der Waals surface area contributed by atoms with Crippen LogP contribution in [0.3, 0.4) is 0 Å². The number of hydrogen-bond acceptors (Lipinski definition) is 2. The first-order chi connectivity index (χ1) is 10.1. The van der Waals surface area contributed by atoms with Crippen LogP contribution in [-0.4, -0.2) is 21.0 Å². The first kappa shape index (κ1) is 16.5. The Morgan fingerprint density at radius 3 is 2.18 bits per heavy atom. The molecule has 6 heteroatoms. The van der Waals surface area contributed by atoms with E-state index in [1.165, 1.54) is 12.1 Å². The topological polar surface area (TPSA) is 38.0 Å². The van der Waals surface area contributed by atoms with Gasteiger partial charge in [-0.2, -0.15) is 18.3 Å². The smallest absolute Gasteiger partial charge is 0.391 e. The summed E-state index contributed by atoms with van der Waals surface area (Å²) in [5.41, 5.74) is 0.242. The Morgan fingerprint density at radius 2 is 1.68 bits per heavy atom. The summed E-state index contributed by atoms with van der Waals surface area (Å²) in [6.07, 6.45) is -3.19. The fourth-order valence-electron chi connectivity index (χ4n) is 1.90. The van der Waals surface area contributed by atoms with Gasteiger partial charge in [0.1, 0.15) is 0 Å². The second-order valence-corrected chi connectivity index (χ2v) is 6.38. The Bertz CT molecular complexity index is 624. The fourth-order valence-corrected chi connectivity index (χ4v) is 1.90. The number of nitrogens with zero attached hydrogens (tertiary/aromatic N) is 2. The van der Waals surface area contributed by atoms with Gasteiger partial charge in [-0.3, -0.25) is 4.68 Å². The van der Waals surface area contributed by atoms with Crippen LogP contribution in [0.4, 0.5) is 13.2 Å². The first-order valence-corrected chi connectivity index (χ1v) is 6.96. The van der Waals surface area contributed by atoms with Crippen molar-refractivity contribution in [2.45, 2.75) is 39.6 Å². The third-order valence-electron chi connectivity index (χ3n) is 3.51. The normalized spacial score (nSPS) is 14.1. The minimum Gasteiger partial charge on any atom is -0.391 e. The van der Waals surface area contributed by atoms with Crippen molar-refractivity contribution in [1.29, 1.82) is 0 Å². The van der Waals surface area contributed by atoms with Crippen LogP contribution in [-0.2, 0) is 12.7 Å². The van der Waals surface area contributed by atoms with Crippen molar-refractivity contribution in [3.63, 3.8) is 0 Å². The van der Waals surface area contributed by atoms with E-state index < -0.39 is 17.8 Å². The van der Waals surface area contributed by atoms with E-state index >= 15 is 0 Å². The second-order valence-electron chi connectivity index (χ2n) is 6.38. The number of halogens is 3. The molecule has 0 spiro atoms. The average Bonchev–Trinajstić information content (AvgIpc) is 2.85. The Morgan fingerprint density at radius 1 is 1.09 bits per heavy atom. The molecular formula is C16H19F3N2O. The Hall–Kier alpha value is -1.82. The lowest BCUT2D eigenvalue weighted by Gasteiger charge is -2.25. The molecule has 1 atom stereocenters. The molecule has 1 N–H and O–H groups in total. The molecular weight excluding hydrogens is 293 g/mol. The zero-order valence-corrected chi connectivity index (χ0v) is 12.7. The zero-order valence-electron chi connectivity index (χ0n) is 12.7. The van der Waals surface area contributed by atoms with E-state index in [0.717, 1.165) is 12.1 Å². The molecule has 0 aliphatic heterocycles. The summed E-state index contributed by atoms with van der Waals surface area (Å²) in [6, 6.07) is 6.60. The standard InChI is InChI=1S/C16H19F3N2O/c1-15(2,3)14(22)10-21-9-8-13(20-21)11-4-6-12(7-5-11)16(17,18)19/h4-9,14,22H,10H2,1-3H3/t14-/m0/s1. The molecule has 1 aromatic heterocycles. The van der Waals surface area contributed by atoms with Gasteiger partial charge in [0.2, 0.25) is 0 Å². The molecule has 0 bridgehead atoms. The summed E-state index contributed by atoms with van der Waals surface area (Å²) in [6.45, 7) is 6.12. The van der Waals surface area contributed by atoms with Gasteiger partial charge in [0.05, 0.1) is 23.9 Å². The van der Waals surface area contributed by atoms with Crippen LogP contribution in [0, 0.1) is 5.41 Å². The van der Waals surface area contributed by atoms with Crippen LogP contribution in [0.15, 0.2) is 36.5 Å². The maximum absolute atomic E-state index is 12.5. The van der Waals surface area contributed by atoms with E-state index in [1.807, 2.05) is 20.8 Å².